The number of rotatable bonds is 4. The lowest BCUT2D eigenvalue weighted by molar-refractivity contribution is -0.144. The van der Waals surface area contributed by atoms with Gasteiger partial charge >= 0.3 is 0 Å². The lowest BCUT2D eigenvalue weighted by atomic mass is 9.98. The molecule has 0 aliphatic carbocycles. The molecule has 0 bridgehead atoms. The zero-order valence-corrected chi connectivity index (χ0v) is 14.6. The molecule has 130 valence electrons. The predicted molar refractivity (Wildman–Crippen MR) is 94.5 cm³/mol. The first-order valence-electron chi connectivity index (χ1n) is 9.27. The topological polar surface area (TPSA) is 40.6 Å². The van der Waals surface area contributed by atoms with Crippen molar-refractivity contribution in [3.05, 3.63) is 35.9 Å². The molecule has 2 aliphatic heterocycles. The first kappa shape index (κ1) is 17.0. The molecule has 1 aromatic rings. The van der Waals surface area contributed by atoms with Gasteiger partial charge in [-0.1, -0.05) is 37.3 Å². The summed E-state index contributed by atoms with van der Waals surface area (Å²) in [6.07, 6.45) is 5.17. The zero-order chi connectivity index (χ0) is 16.9. The summed E-state index contributed by atoms with van der Waals surface area (Å²) in [7, 11) is 0. The van der Waals surface area contributed by atoms with Gasteiger partial charge < -0.3 is 9.80 Å². The van der Waals surface area contributed by atoms with Crippen LogP contribution in [0.3, 0.4) is 0 Å². The van der Waals surface area contributed by atoms with E-state index in [1.807, 2.05) is 28.0 Å². The lowest BCUT2D eigenvalue weighted by Crippen LogP contribution is -2.49. The van der Waals surface area contributed by atoms with Crippen LogP contribution in [-0.4, -0.2) is 47.3 Å². The van der Waals surface area contributed by atoms with Crippen molar-refractivity contribution in [3.8, 4) is 0 Å². The summed E-state index contributed by atoms with van der Waals surface area (Å²) >= 11 is 0. The maximum absolute atomic E-state index is 12.8. The van der Waals surface area contributed by atoms with Gasteiger partial charge in [-0.2, -0.15) is 0 Å². The molecule has 2 heterocycles. The van der Waals surface area contributed by atoms with Crippen LogP contribution in [0.2, 0.25) is 0 Å². The summed E-state index contributed by atoms with van der Waals surface area (Å²) in [6.45, 7) is 4.68. The number of likely N-dealkylation sites (tertiary alicyclic amines) is 2. The Labute approximate surface area is 144 Å². The molecule has 0 spiro atoms. The Morgan fingerprint density at radius 3 is 2.46 bits per heavy atom. The number of hydrogen-bond donors (Lipinski definition) is 0. The van der Waals surface area contributed by atoms with Crippen LogP contribution in [0.5, 0.6) is 0 Å². The SMILES string of the molecule is CC1CCN(C(=O)[C@@H]2CCCN2C(=O)CCc2ccccc2)CC1. The van der Waals surface area contributed by atoms with Crippen molar-refractivity contribution in [3.63, 3.8) is 0 Å². The first-order chi connectivity index (χ1) is 11.6. The third-order valence-electron chi connectivity index (χ3n) is 5.42. The second-order valence-corrected chi connectivity index (χ2v) is 7.24. The number of nitrogens with zero attached hydrogens (tertiary/aromatic N) is 2. The molecule has 0 radical (unpaired) electrons. The Hall–Kier alpha value is -1.84. The van der Waals surface area contributed by atoms with Crippen LogP contribution >= 0.6 is 0 Å². The highest BCUT2D eigenvalue weighted by Crippen LogP contribution is 2.24. The number of aryl methyl sites for hydroxylation is 1. The van der Waals surface area contributed by atoms with Gasteiger partial charge in [0.1, 0.15) is 6.04 Å². The molecule has 2 saturated heterocycles. The fourth-order valence-electron chi connectivity index (χ4n) is 3.80. The molecule has 3 rings (SSSR count). The van der Waals surface area contributed by atoms with E-state index in [4.69, 9.17) is 0 Å². The molecule has 0 N–H and O–H groups in total. The van der Waals surface area contributed by atoms with Gasteiger partial charge in [0.05, 0.1) is 0 Å². The summed E-state index contributed by atoms with van der Waals surface area (Å²) < 4.78 is 0. The van der Waals surface area contributed by atoms with E-state index in [1.165, 1.54) is 5.56 Å². The maximum Gasteiger partial charge on any atom is 0.245 e. The minimum absolute atomic E-state index is 0.125. The standard InChI is InChI=1S/C20H28N2O2/c1-16-11-14-21(15-12-16)20(24)18-8-5-13-22(18)19(23)10-9-17-6-3-2-4-7-17/h2-4,6-7,16,18H,5,8-15H2,1H3/t18-/m0/s1. The van der Waals surface area contributed by atoms with Crippen molar-refractivity contribution >= 4 is 11.8 Å². The highest BCUT2D eigenvalue weighted by Gasteiger charge is 2.36. The smallest absolute Gasteiger partial charge is 0.245 e. The first-order valence-corrected chi connectivity index (χ1v) is 9.27. The van der Waals surface area contributed by atoms with Crippen molar-refractivity contribution in [2.45, 2.75) is 51.5 Å². The van der Waals surface area contributed by atoms with E-state index in [-0.39, 0.29) is 17.9 Å². The summed E-state index contributed by atoms with van der Waals surface area (Å²) in [4.78, 5) is 29.3. The molecular weight excluding hydrogens is 300 g/mol. The molecular formula is C20H28N2O2. The van der Waals surface area contributed by atoms with Crippen LogP contribution in [0.1, 0.15) is 44.6 Å². The van der Waals surface area contributed by atoms with E-state index in [0.29, 0.717) is 12.3 Å². The molecule has 2 aliphatic rings. The molecule has 0 aromatic heterocycles. The molecule has 0 unspecified atom stereocenters. The van der Waals surface area contributed by atoms with Gasteiger partial charge in [-0.05, 0) is 43.6 Å². The Kier molecular flexibility index (Phi) is 5.54. The van der Waals surface area contributed by atoms with Crippen molar-refractivity contribution in [2.75, 3.05) is 19.6 Å². The molecule has 2 amide bonds. The normalized spacial score (nSPS) is 22.0. The van der Waals surface area contributed by atoms with Gasteiger partial charge in [-0.3, -0.25) is 9.59 Å². The van der Waals surface area contributed by atoms with Crippen molar-refractivity contribution in [1.82, 2.24) is 9.80 Å². The minimum Gasteiger partial charge on any atom is -0.341 e. The van der Waals surface area contributed by atoms with Crippen LogP contribution in [0.15, 0.2) is 30.3 Å². The van der Waals surface area contributed by atoms with E-state index in [2.05, 4.69) is 19.1 Å². The van der Waals surface area contributed by atoms with Gasteiger partial charge in [0.2, 0.25) is 11.8 Å². The van der Waals surface area contributed by atoms with Gasteiger partial charge in [-0.15, -0.1) is 0 Å². The highest BCUT2D eigenvalue weighted by atomic mass is 16.2. The van der Waals surface area contributed by atoms with E-state index in [1.54, 1.807) is 0 Å². The summed E-state index contributed by atoms with van der Waals surface area (Å²) in [6, 6.07) is 9.86. The maximum atomic E-state index is 12.8. The molecule has 2 fully saturated rings. The molecule has 4 heteroatoms. The Morgan fingerprint density at radius 1 is 1.04 bits per heavy atom. The summed E-state index contributed by atoms with van der Waals surface area (Å²) in [5.41, 5.74) is 1.18. The highest BCUT2D eigenvalue weighted by molar-refractivity contribution is 5.88. The Morgan fingerprint density at radius 2 is 1.75 bits per heavy atom. The fraction of sp³-hybridized carbons (Fsp3) is 0.600. The lowest BCUT2D eigenvalue weighted by Gasteiger charge is -2.34. The predicted octanol–water partition coefficient (Wildman–Crippen LogP) is 2.87. The summed E-state index contributed by atoms with van der Waals surface area (Å²) in [5.74, 6) is 1.01. The monoisotopic (exact) mass is 328 g/mol. The number of carbonyl (C=O) groups excluding carboxylic acids is 2. The van der Waals surface area contributed by atoms with E-state index < -0.39 is 0 Å². The number of piperidine rings is 1. The van der Waals surface area contributed by atoms with Crippen LogP contribution in [0.25, 0.3) is 0 Å². The molecule has 4 nitrogen and oxygen atoms in total. The number of carbonyl (C=O) groups is 2. The quantitative estimate of drug-likeness (QED) is 0.853. The molecule has 24 heavy (non-hydrogen) atoms. The van der Waals surface area contributed by atoms with Crippen LogP contribution in [0, 0.1) is 5.92 Å². The Bertz CT molecular complexity index is 564. The molecule has 1 aromatic carbocycles. The average Bonchev–Trinajstić information content (AvgIpc) is 3.10. The van der Waals surface area contributed by atoms with Crippen LogP contribution < -0.4 is 0 Å². The minimum atomic E-state index is -0.221. The van der Waals surface area contributed by atoms with Gasteiger partial charge in [0.25, 0.3) is 0 Å². The number of hydrogen-bond acceptors (Lipinski definition) is 2. The van der Waals surface area contributed by atoms with Gasteiger partial charge in [-0.25, -0.2) is 0 Å². The zero-order valence-electron chi connectivity index (χ0n) is 14.6. The number of amides is 2. The average molecular weight is 328 g/mol. The fourth-order valence-corrected chi connectivity index (χ4v) is 3.80. The van der Waals surface area contributed by atoms with Crippen LogP contribution in [0.4, 0.5) is 0 Å². The van der Waals surface area contributed by atoms with E-state index >= 15 is 0 Å². The molecule has 0 saturated carbocycles. The van der Waals surface area contributed by atoms with Crippen molar-refractivity contribution in [1.29, 1.82) is 0 Å². The van der Waals surface area contributed by atoms with Crippen molar-refractivity contribution < 1.29 is 9.59 Å². The van der Waals surface area contributed by atoms with Crippen molar-refractivity contribution in [2.24, 2.45) is 5.92 Å². The second kappa shape index (κ2) is 7.82. The summed E-state index contributed by atoms with van der Waals surface area (Å²) in [5, 5.41) is 0. The Balaban J connectivity index is 1.56. The van der Waals surface area contributed by atoms with Crippen LogP contribution in [-0.2, 0) is 16.0 Å². The molecule has 1 atom stereocenters. The van der Waals surface area contributed by atoms with Gasteiger partial charge in [0, 0.05) is 26.1 Å². The van der Waals surface area contributed by atoms with E-state index in [0.717, 1.165) is 51.7 Å². The van der Waals surface area contributed by atoms with E-state index in [9.17, 15) is 9.59 Å². The second-order valence-electron chi connectivity index (χ2n) is 7.24. The third kappa shape index (κ3) is 3.97. The number of benzene rings is 1. The van der Waals surface area contributed by atoms with Gasteiger partial charge in [0.15, 0.2) is 0 Å². The third-order valence-corrected chi connectivity index (χ3v) is 5.42. The largest absolute Gasteiger partial charge is 0.341 e.